The molecule has 0 aromatic heterocycles. The highest BCUT2D eigenvalue weighted by Gasteiger charge is 2.22. The van der Waals surface area contributed by atoms with E-state index >= 15 is 0 Å². The van der Waals surface area contributed by atoms with Gasteiger partial charge >= 0.3 is 5.97 Å². The van der Waals surface area contributed by atoms with Gasteiger partial charge in [0.2, 0.25) is 0 Å². The fourth-order valence-corrected chi connectivity index (χ4v) is 4.36. The summed E-state index contributed by atoms with van der Waals surface area (Å²) >= 11 is 0. The average molecular weight is 468 g/mol. The number of nitrogens with zero attached hydrogens (tertiary/aromatic N) is 1. The quantitative estimate of drug-likeness (QED) is 0.295. The molecule has 0 spiro atoms. The van der Waals surface area contributed by atoms with Crippen LogP contribution in [0.1, 0.15) is 44.7 Å². The summed E-state index contributed by atoms with van der Waals surface area (Å²) in [6, 6.07) is 29.2. The fourth-order valence-electron chi connectivity index (χ4n) is 4.36. The van der Waals surface area contributed by atoms with E-state index in [-0.39, 0.29) is 11.8 Å². The normalized spacial score (nSPS) is 11.6. The maximum Gasteiger partial charge on any atom is 0.341 e. The van der Waals surface area contributed by atoms with E-state index in [2.05, 4.69) is 19.1 Å². The molecular weight excluding hydrogens is 438 g/mol. The second-order valence-electron chi connectivity index (χ2n) is 8.55. The molecule has 0 aliphatic heterocycles. The minimum Gasteiger partial charge on any atom is -0.496 e. The molecule has 0 saturated heterocycles. The first-order valence-electron chi connectivity index (χ1n) is 11.6. The monoisotopic (exact) mass is 467 g/mol. The SMILES string of the molecule is COC(=O)c1cc(CN(C[C@@H](C)c2ccccc2)C(=O)c2cccc3ccccc23)ccc1OC. The number of esters is 1. The molecule has 0 radical (unpaired) electrons. The lowest BCUT2D eigenvalue weighted by Gasteiger charge is -2.27. The molecule has 5 nitrogen and oxygen atoms in total. The van der Waals surface area contributed by atoms with Crippen molar-refractivity contribution >= 4 is 22.6 Å². The summed E-state index contributed by atoms with van der Waals surface area (Å²) in [5.74, 6) is 0.0203. The van der Waals surface area contributed by atoms with Gasteiger partial charge in [0.15, 0.2) is 0 Å². The Morgan fingerprint density at radius 2 is 1.54 bits per heavy atom. The van der Waals surface area contributed by atoms with Gasteiger partial charge in [0.25, 0.3) is 5.91 Å². The highest BCUT2D eigenvalue weighted by molar-refractivity contribution is 6.07. The van der Waals surface area contributed by atoms with Crippen LogP contribution in [0.15, 0.2) is 91.0 Å². The van der Waals surface area contributed by atoms with Gasteiger partial charge in [-0.1, -0.05) is 79.7 Å². The van der Waals surface area contributed by atoms with E-state index in [1.54, 1.807) is 12.1 Å². The Morgan fingerprint density at radius 3 is 2.29 bits per heavy atom. The topological polar surface area (TPSA) is 55.8 Å². The number of ether oxygens (including phenoxy) is 2. The molecule has 0 aliphatic rings. The van der Waals surface area contributed by atoms with Gasteiger partial charge in [-0.3, -0.25) is 4.79 Å². The second-order valence-corrected chi connectivity index (χ2v) is 8.55. The van der Waals surface area contributed by atoms with Crippen LogP contribution in [0.25, 0.3) is 10.8 Å². The minimum atomic E-state index is -0.478. The molecule has 4 aromatic rings. The summed E-state index contributed by atoms with van der Waals surface area (Å²) in [5.41, 5.74) is 2.97. The maximum atomic E-state index is 13.9. The number of hydrogen-bond acceptors (Lipinski definition) is 4. The van der Waals surface area contributed by atoms with Crippen LogP contribution in [0, 0.1) is 0 Å². The molecule has 0 fully saturated rings. The number of rotatable bonds is 8. The number of amides is 1. The Kier molecular flexibility index (Phi) is 7.46. The number of benzene rings is 4. The molecule has 1 amide bonds. The largest absolute Gasteiger partial charge is 0.496 e. The molecule has 0 heterocycles. The summed E-state index contributed by atoms with van der Waals surface area (Å²) < 4.78 is 10.3. The van der Waals surface area contributed by atoms with E-state index in [0.717, 1.165) is 21.9 Å². The van der Waals surface area contributed by atoms with E-state index < -0.39 is 5.97 Å². The summed E-state index contributed by atoms with van der Waals surface area (Å²) in [7, 11) is 2.85. The van der Waals surface area contributed by atoms with Gasteiger partial charge in [-0.2, -0.15) is 0 Å². The predicted octanol–water partition coefficient (Wildman–Crippen LogP) is 6.08. The molecular formula is C30H29NO4. The van der Waals surface area contributed by atoms with Gasteiger partial charge < -0.3 is 14.4 Å². The van der Waals surface area contributed by atoms with Crippen LogP contribution in [0.2, 0.25) is 0 Å². The first-order valence-corrected chi connectivity index (χ1v) is 11.6. The molecule has 5 heteroatoms. The van der Waals surface area contributed by atoms with Gasteiger partial charge in [-0.05, 0) is 46.0 Å². The molecule has 0 aliphatic carbocycles. The first-order chi connectivity index (χ1) is 17.0. The Hall–Kier alpha value is -4.12. The fraction of sp³-hybridized carbons (Fsp3) is 0.200. The van der Waals surface area contributed by atoms with Crippen molar-refractivity contribution in [2.45, 2.75) is 19.4 Å². The van der Waals surface area contributed by atoms with Gasteiger partial charge in [0.05, 0.1) is 14.2 Å². The Bertz CT molecular complexity index is 1330. The summed E-state index contributed by atoms with van der Waals surface area (Å²) in [6.07, 6.45) is 0. The molecule has 0 saturated carbocycles. The van der Waals surface area contributed by atoms with Crippen LogP contribution >= 0.6 is 0 Å². The summed E-state index contributed by atoms with van der Waals surface area (Å²) in [5, 5.41) is 1.94. The molecule has 0 N–H and O–H groups in total. The minimum absolute atomic E-state index is 0.0555. The number of carbonyl (C=O) groups excluding carboxylic acids is 2. The van der Waals surface area contributed by atoms with Crippen molar-refractivity contribution in [1.29, 1.82) is 0 Å². The highest BCUT2D eigenvalue weighted by Crippen LogP contribution is 2.26. The van der Waals surface area contributed by atoms with E-state index in [1.165, 1.54) is 14.2 Å². The first kappa shape index (κ1) is 24.0. The second kappa shape index (κ2) is 10.9. The van der Waals surface area contributed by atoms with Crippen molar-refractivity contribution in [3.63, 3.8) is 0 Å². The number of hydrogen-bond donors (Lipinski definition) is 0. The Morgan fingerprint density at radius 1 is 0.829 bits per heavy atom. The standard InChI is InChI=1S/C30H29NO4/c1-21(23-10-5-4-6-11-23)19-31(20-22-16-17-28(34-2)27(18-22)30(33)35-3)29(32)26-15-9-13-24-12-7-8-14-25(24)26/h4-18,21H,19-20H2,1-3H3/t21-/m1/s1. The van der Waals surface area contributed by atoms with Crippen LogP contribution < -0.4 is 4.74 Å². The van der Waals surface area contributed by atoms with Crippen molar-refractivity contribution in [2.24, 2.45) is 0 Å². The zero-order chi connectivity index (χ0) is 24.8. The lowest BCUT2D eigenvalue weighted by Crippen LogP contribution is -2.34. The number of carbonyl (C=O) groups is 2. The van der Waals surface area contributed by atoms with Crippen LogP contribution in [0.5, 0.6) is 5.75 Å². The van der Waals surface area contributed by atoms with Crippen molar-refractivity contribution in [3.05, 3.63) is 113 Å². The van der Waals surface area contributed by atoms with E-state index in [1.807, 2.05) is 71.6 Å². The molecule has 4 rings (SSSR count). The van der Waals surface area contributed by atoms with Crippen LogP contribution in [0.3, 0.4) is 0 Å². The molecule has 35 heavy (non-hydrogen) atoms. The summed E-state index contributed by atoms with van der Waals surface area (Å²) in [6.45, 7) is 2.98. The van der Waals surface area contributed by atoms with Crippen molar-refractivity contribution in [1.82, 2.24) is 4.90 Å². The van der Waals surface area contributed by atoms with E-state index in [0.29, 0.717) is 30.0 Å². The van der Waals surface area contributed by atoms with Gasteiger partial charge in [-0.25, -0.2) is 4.79 Å². The third-order valence-corrected chi connectivity index (χ3v) is 6.21. The molecule has 4 aromatic carbocycles. The maximum absolute atomic E-state index is 13.9. The smallest absolute Gasteiger partial charge is 0.341 e. The van der Waals surface area contributed by atoms with Crippen molar-refractivity contribution in [2.75, 3.05) is 20.8 Å². The van der Waals surface area contributed by atoms with Crippen LogP contribution in [-0.4, -0.2) is 37.5 Å². The lowest BCUT2D eigenvalue weighted by molar-refractivity contribution is 0.0597. The summed E-state index contributed by atoms with van der Waals surface area (Å²) in [4.78, 5) is 28.1. The van der Waals surface area contributed by atoms with E-state index in [4.69, 9.17) is 9.47 Å². The van der Waals surface area contributed by atoms with E-state index in [9.17, 15) is 9.59 Å². The molecule has 178 valence electrons. The zero-order valence-electron chi connectivity index (χ0n) is 20.2. The zero-order valence-corrected chi connectivity index (χ0v) is 20.2. The molecule has 0 bridgehead atoms. The van der Waals surface area contributed by atoms with Gasteiger partial charge in [0.1, 0.15) is 11.3 Å². The lowest BCUT2D eigenvalue weighted by atomic mass is 9.98. The van der Waals surface area contributed by atoms with Gasteiger partial charge in [-0.15, -0.1) is 0 Å². The number of methoxy groups -OCH3 is 2. The molecule has 1 atom stereocenters. The Balaban J connectivity index is 1.72. The Labute approximate surface area is 205 Å². The van der Waals surface area contributed by atoms with Gasteiger partial charge in [0, 0.05) is 18.7 Å². The third kappa shape index (κ3) is 5.35. The van der Waals surface area contributed by atoms with Crippen LogP contribution in [-0.2, 0) is 11.3 Å². The number of fused-ring (bicyclic) bond motifs is 1. The highest BCUT2D eigenvalue weighted by atomic mass is 16.5. The molecule has 0 unspecified atom stereocenters. The van der Waals surface area contributed by atoms with Crippen LogP contribution in [0.4, 0.5) is 0 Å². The predicted molar refractivity (Wildman–Crippen MR) is 138 cm³/mol. The van der Waals surface area contributed by atoms with Crippen molar-refractivity contribution < 1.29 is 19.1 Å². The average Bonchev–Trinajstić information content (AvgIpc) is 2.91. The third-order valence-electron chi connectivity index (χ3n) is 6.21. The van der Waals surface area contributed by atoms with Crippen molar-refractivity contribution in [3.8, 4) is 5.75 Å².